The molecule has 150 valence electrons. The summed E-state index contributed by atoms with van der Waals surface area (Å²) >= 11 is 0. The minimum Gasteiger partial charge on any atom is -0.361 e. The van der Waals surface area contributed by atoms with E-state index >= 15 is 0 Å². The van der Waals surface area contributed by atoms with Gasteiger partial charge in [0.15, 0.2) is 0 Å². The molecule has 0 atom stereocenters. The van der Waals surface area contributed by atoms with Gasteiger partial charge in [-0.3, -0.25) is 0 Å². The Morgan fingerprint density at radius 1 is 1.11 bits per heavy atom. The number of benzene rings is 1. The van der Waals surface area contributed by atoms with Crippen LogP contribution in [0.5, 0.6) is 0 Å². The minimum absolute atomic E-state index is 0.435. The molecule has 4 nitrogen and oxygen atoms in total. The molecule has 4 heteroatoms. The number of likely N-dealkylation sites (N-methyl/N-ethyl adjacent to an activating group) is 1. The van der Waals surface area contributed by atoms with Crippen molar-refractivity contribution in [1.82, 2.24) is 19.7 Å². The van der Waals surface area contributed by atoms with Crippen molar-refractivity contribution in [3.05, 3.63) is 36.0 Å². The largest absolute Gasteiger partial charge is 0.361 e. The number of hydrogen-bond donors (Lipinski definition) is 1. The van der Waals surface area contributed by atoms with Gasteiger partial charge in [-0.05, 0) is 82.6 Å². The Morgan fingerprint density at radius 3 is 2.59 bits per heavy atom. The van der Waals surface area contributed by atoms with Gasteiger partial charge in [0, 0.05) is 36.9 Å². The Bertz CT molecular complexity index is 697. The molecule has 1 saturated heterocycles. The number of nitrogens with one attached hydrogen (secondary N) is 1. The molecule has 1 N–H and O–H groups in total. The number of hydrogen-bond acceptors (Lipinski definition) is 3. The molecule has 1 aliphatic rings. The summed E-state index contributed by atoms with van der Waals surface area (Å²) < 4.78 is 0. The lowest BCUT2D eigenvalue weighted by Gasteiger charge is -2.46. The second-order valence-corrected chi connectivity index (χ2v) is 8.70. The Labute approximate surface area is 165 Å². The SMILES string of the molecule is CCCCC1(N(C)C)CCN(CCN(C)Cc2ccc3[nH]ccc3c2)CC1. The number of unbranched alkanes of at least 4 members (excludes halogenated alkanes) is 1. The Balaban J connectivity index is 1.45. The van der Waals surface area contributed by atoms with Crippen molar-refractivity contribution < 1.29 is 0 Å². The Morgan fingerprint density at radius 2 is 1.89 bits per heavy atom. The maximum absolute atomic E-state index is 3.27. The van der Waals surface area contributed by atoms with Crippen LogP contribution in [0.15, 0.2) is 30.5 Å². The molecule has 2 aromatic rings. The van der Waals surface area contributed by atoms with E-state index < -0.39 is 0 Å². The molecule has 2 heterocycles. The average Bonchev–Trinajstić information content (AvgIpc) is 3.13. The third kappa shape index (κ3) is 5.13. The van der Waals surface area contributed by atoms with E-state index in [4.69, 9.17) is 0 Å². The van der Waals surface area contributed by atoms with Gasteiger partial charge in [0.1, 0.15) is 0 Å². The number of fused-ring (bicyclic) bond motifs is 1. The van der Waals surface area contributed by atoms with Gasteiger partial charge in [-0.2, -0.15) is 0 Å². The van der Waals surface area contributed by atoms with E-state index in [0.29, 0.717) is 5.54 Å². The summed E-state index contributed by atoms with van der Waals surface area (Å²) in [5, 5.41) is 1.31. The molecule has 1 aromatic carbocycles. The van der Waals surface area contributed by atoms with Crippen LogP contribution < -0.4 is 0 Å². The van der Waals surface area contributed by atoms with Gasteiger partial charge in [-0.1, -0.05) is 25.8 Å². The second-order valence-electron chi connectivity index (χ2n) is 8.70. The van der Waals surface area contributed by atoms with Crippen LogP contribution in [0.1, 0.15) is 44.6 Å². The zero-order chi connectivity index (χ0) is 19.3. The number of piperidine rings is 1. The summed E-state index contributed by atoms with van der Waals surface area (Å²) in [6.07, 6.45) is 8.65. The molecule has 1 aromatic heterocycles. The monoisotopic (exact) mass is 370 g/mol. The summed E-state index contributed by atoms with van der Waals surface area (Å²) in [5.74, 6) is 0. The third-order valence-corrected chi connectivity index (χ3v) is 6.60. The Hall–Kier alpha value is -1.36. The zero-order valence-corrected chi connectivity index (χ0v) is 17.8. The molecule has 1 fully saturated rings. The maximum Gasteiger partial charge on any atom is 0.0454 e. The van der Waals surface area contributed by atoms with E-state index in [9.17, 15) is 0 Å². The molecule has 0 saturated carbocycles. The van der Waals surface area contributed by atoms with Gasteiger partial charge in [0.05, 0.1) is 0 Å². The van der Waals surface area contributed by atoms with Crippen LogP contribution in [0.3, 0.4) is 0 Å². The fraction of sp³-hybridized carbons (Fsp3) is 0.652. The van der Waals surface area contributed by atoms with Crippen LogP contribution in [0.2, 0.25) is 0 Å². The summed E-state index contributed by atoms with van der Waals surface area (Å²) in [6, 6.07) is 8.90. The molecular weight excluding hydrogens is 332 g/mol. The first-order chi connectivity index (χ1) is 13.0. The second kappa shape index (κ2) is 9.22. The lowest BCUT2D eigenvalue weighted by atomic mass is 9.82. The molecule has 3 rings (SSSR count). The minimum atomic E-state index is 0.435. The third-order valence-electron chi connectivity index (χ3n) is 6.60. The highest BCUT2D eigenvalue weighted by molar-refractivity contribution is 5.79. The molecular formula is C23H38N4. The first-order valence-electron chi connectivity index (χ1n) is 10.7. The highest BCUT2D eigenvalue weighted by Crippen LogP contribution is 2.32. The van der Waals surface area contributed by atoms with Gasteiger partial charge < -0.3 is 19.7 Å². The summed E-state index contributed by atoms with van der Waals surface area (Å²) in [7, 11) is 6.80. The first-order valence-corrected chi connectivity index (χ1v) is 10.7. The van der Waals surface area contributed by atoms with Crippen molar-refractivity contribution in [2.75, 3.05) is 47.3 Å². The van der Waals surface area contributed by atoms with Crippen LogP contribution in [0.25, 0.3) is 10.9 Å². The average molecular weight is 371 g/mol. The smallest absolute Gasteiger partial charge is 0.0454 e. The normalized spacial score (nSPS) is 18.0. The van der Waals surface area contributed by atoms with Crippen molar-refractivity contribution in [2.45, 2.75) is 51.1 Å². The Kier molecular flexibility index (Phi) is 6.96. The van der Waals surface area contributed by atoms with Gasteiger partial charge in [-0.15, -0.1) is 0 Å². The van der Waals surface area contributed by atoms with Crippen molar-refractivity contribution in [2.24, 2.45) is 0 Å². The van der Waals surface area contributed by atoms with Crippen LogP contribution in [0, 0.1) is 0 Å². The molecule has 0 bridgehead atoms. The lowest BCUT2D eigenvalue weighted by molar-refractivity contribution is 0.0443. The van der Waals surface area contributed by atoms with Gasteiger partial charge in [0.2, 0.25) is 0 Å². The van der Waals surface area contributed by atoms with Gasteiger partial charge in [-0.25, -0.2) is 0 Å². The van der Waals surface area contributed by atoms with Crippen molar-refractivity contribution >= 4 is 10.9 Å². The topological polar surface area (TPSA) is 25.5 Å². The summed E-state index contributed by atoms with van der Waals surface area (Å²) in [5.41, 5.74) is 3.06. The lowest BCUT2D eigenvalue weighted by Crippen LogP contribution is -2.53. The molecule has 1 aliphatic heterocycles. The fourth-order valence-corrected chi connectivity index (χ4v) is 4.52. The van der Waals surface area contributed by atoms with E-state index in [1.165, 1.54) is 68.2 Å². The highest BCUT2D eigenvalue weighted by atomic mass is 15.2. The summed E-state index contributed by atoms with van der Waals surface area (Å²) in [6.45, 7) is 8.13. The van der Waals surface area contributed by atoms with E-state index in [2.05, 4.69) is 72.0 Å². The molecule has 0 aliphatic carbocycles. The molecule has 0 spiro atoms. The van der Waals surface area contributed by atoms with Gasteiger partial charge >= 0.3 is 0 Å². The standard InChI is InChI=1S/C23H38N4/c1-5-6-10-23(25(2)3)11-14-27(15-12-23)17-16-26(4)19-20-7-8-22-21(18-20)9-13-24-22/h7-9,13,18,24H,5-6,10-12,14-17,19H2,1-4H3. The van der Waals surface area contributed by atoms with Crippen molar-refractivity contribution in [3.8, 4) is 0 Å². The van der Waals surface area contributed by atoms with E-state index in [0.717, 1.165) is 13.1 Å². The van der Waals surface area contributed by atoms with Crippen molar-refractivity contribution in [1.29, 1.82) is 0 Å². The first kappa shape index (κ1) is 20.4. The number of H-pyrrole nitrogens is 1. The van der Waals surface area contributed by atoms with E-state index in [1.54, 1.807) is 0 Å². The highest BCUT2D eigenvalue weighted by Gasteiger charge is 2.35. The van der Waals surface area contributed by atoms with Crippen LogP contribution in [-0.4, -0.2) is 72.5 Å². The van der Waals surface area contributed by atoms with E-state index in [-0.39, 0.29) is 0 Å². The fourth-order valence-electron chi connectivity index (χ4n) is 4.52. The number of rotatable bonds is 9. The van der Waals surface area contributed by atoms with E-state index in [1.807, 2.05) is 6.20 Å². The van der Waals surface area contributed by atoms with Crippen LogP contribution >= 0.6 is 0 Å². The van der Waals surface area contributed by atoms with Crippen LogP contribution in [-0.2, 0) is 6.54 Å². The number of aromatic amines is 1. The maximum atomic E-state index is 3.27. The molecule has 0 unspecified atom stereocenters. The predicted molar refractivity (Wildman–Crippen MR) is 116 cm³/mol. The van der Waals surface area contributed by atoms with Crippen molar-refractivity contribution in [3.63, 3.8) is 0 Å². The molecule has 27 heavy (non-hydrogen) atoms. The zero-order valence-electron chi connectivity index (χ0n) is 17.8. The summed E-state index contributed by atoms with van der Waals surface area (Å²) in [4.78, 5) is 10.9. The number of nitrogens with zero attached hydrogens (tertiary/aromatic N) is 3. The quantitative estimate of drug-likeness (QED) is 0.717. The number of aromatic nitrogens is 1. The predicted octanol–water partition coefficient (Wildman–Crippen LogP) is 4.19. The molecule has 0 radical (unpaired) electrons. The number of likely N-dealkylation sites (tertiary alicyclic amines) is 1. The van der Waals surface area contributed by atoms with Gasteiger partial charge in [0.25, 0.3) is 0 Å². The molecule has 0 amide bonds. The van der Waals surface area contributed by atoms with Crippen LogP contribution in [0.4, 0.5) is 0 Å².